The average molecular weight is 420 g/mol. The molecule has 0 fully saturated rings. The summed E-state index contributed by atoms with van der Waals surface area (Å²) in [5.74, 6) is -0.192. The molecule has 0 unspecified atom stereocenters. The lowest BCUT2D eigenvalue weighted by Crippen LogP contribution is -2.21. The second-order valence-corrected chi connectivity index (χ2v) is 6.38. The predicted molar refractivity (Wildman–Crippen MR) is 107 cm³/mol. The number of alkyl halides is 2. The Morgan fingerprint density at radius 3 is 2.72 bits per heavy atom. The minimum absolute atomic E-state index is 0.127. The quantitative estimate of drug-likeness (QED) is 0.496. The number of pyridine rings is 2. The first-order chi connectivity index (χ1) is 15.2. The van der Waals surface area contributed by atoms with Crippen LogP contribution in [-0.2, 0) is 0 Å². The number of rotatable bonds is 7. The molecule has 0 aromatic carbocycles. The molecule has 0 saturated carbocycles. The van der Waals surface area contributed by atoms with Gasteiger partial charge in [0.25, 0.3) is 12.3 Å². The van der Waals surface area contributed by atoms with Crippen LogP contribution in [0, 0.1) is 0 Å². The van der Waals surface area contributed by atoms with Gasteiger partial charge in [0, 0.05) is 40.0 Å². The lowest BCUT2D eigenvalue weighted by atomic mass is 10.2. The van der Waals surface area contributed by atoms with Crippen molar-refractivity contribution in [1.29, 1.82) is 0 Å². The Morgan fingerprint density at radius 2 is 2.03 bits per heavy atom. The molecule has 150 valence electrons. The Balaban J connectivity index is 1.95. The van der Waals surface area contributed by atoms with Gasteiger partial charge in [0.05, 0.1) is 5.69 Å². The molecule has 3 aromatic rings. The van der Waals surface area contributed by atoms with Crippen LogP contribution < -0.4 is 16.0 Å². The number of aromatic nitrogens is 4. The summed E-state index contributed by atoms with van der Waals surface area (Å²) in [6.07, 6.45) is 1.77. The monoisotopic (exact) mass is 420 g/mol. The summed E-state index contributed by atoms with van der Waals surface area (Å²) in [4.78, 5) is 21.3. The second kappa shape index (κ2) is 9.24. The first-order valence-corrected chi connectivity index (χ1v) is 9.36. The molecule has 0 bridgehead atoms. The van der Waals surface area contributed by atoms with Gasteiger partial charge in [-0.25, -0.2) is 18.7 Å². The third-order valence-electron chi connectivity index (χ3n) is 3.66. The summed E-state index contributed by atoms with van der Waals surface area (Å²) < 4.78 is 47.2. The molecular weight excluding hydrogens is 400 g/mol. The summed E-state index contributed by atoms with van der Waals surface area (Å²) in [5, 5.41) is 15.3. The van der Waals surface area contributed by atoms with Crippen LogP contribution in [0.1, 0.15) is 26.6 Å². The lowest BCUT2D eigenvalue weighted by molar-refractivity contribution is 0.0958. The van der Waals surface area contributed by atoms with E-state index in [-0.39, 0.29) is 28.6 Å². The Kier molecular flexibility index (Phi) is 5.29. The van der Waals surface area contributed by atoms with Gasteiger partial charge in [0.15, 0.2) is 11.5 Å². The number of hydrogen-bond donors (Lipinski definition) is 3. The molecule has 0 saturated heterocycles. The lowest BCUT2D eigenvalue weighted by Gasteiger charge is -2.13. The predicted octanol–water partition coefficient (Wildman–Crippen LogP) is 3.77. The number of thioether (sulfide) groups is 1. The second-order valence-electron chi connectivity index (χ2n) is 5.53. The van der Waals surface area contributed by atoms with Gasteiger partial charge in [0.2, 0.25) is 0 Å². The van der Waals surface area contributed by atoms with E-state index >= 15 is 0 Å². The molecule has 0 aliphatic heterocycles. The average Bonchev–Trinajstić information content (AvgIpc) is 2.73. The summed E-state index contributed by atoms with van der Waals surface area (Å²) in [5.41, 5.74) is -0.381. The first-order valence-electron chi connectivity index (χ1n) is 9.63. The fourth-order valence-corrected chi connectivity index (χ4v) is 2.80. The number of carbonyl (C=O) groups excluding carboxylic acids is 1. The molecule has 3 rings (SSSR count). The number of amides is 1. The highest BCUT2D eigenvalue weighted by Crippen LogP contribution is 2.28. The van der Waals surface area contributed by atoms with E-state index in [1.807, 2.05) is 17.6 Å². The molecule has 0 radical (unpaired) electrons. The summed E-state index contributed by atoms with van der Waals surface area (Å²) in [7, 11) is 0. The zero-order valence-electron chi connectivity index (χ0n) is 18.0. The first kappa shape index (κ1) is 16.6. The van der Waals surface area contributed by atoms with Gasteiger partial charge in [0.1, 0.15) is 11.6 Å². The summed E-state index contributed by atoms with van der Waals surface area (Å²) >= 11 is 1.41. The molecule has 3 heterocycles. The number of carbonyl (C=O) groups is 1. The highest BCUT2D eigenvalue weighted by Gasteiger charge is 2.16. The van der Waals surface area contributed by atoms with E-state index in [9.17, 15) is 13.6 Å². The third kappa shape index (κ3) is 4.93. The van der Waals surface area contributed by atoms with Gasteiger partial charge in [-0.2, -0.15) is 0 Å². The molecule has 8 nitrogen and oxygen atoms in total. The van der Waals surface area contributed by atoms with E-state index < -0.39 is 19.3 Å². The molecule has 3 aromatic heterocycles. The molecular formula is C18H17F2N7OS. The number of hydrogen-bond acceptors (Lipinski definition) is 8. The molecule has 3 N–H and O–H groups in total. The Hall–Kier alpha value is -3.34. The van der Waals surface area contributed by atoms with Crippen molar-refractivity contribution in [3.63, 3.8) is 0 Å². The summed E-state index contributed by atoms with van der Waals surface area (Å²) in [6.45, 7) is -2.72. The maximum atomic E-state index is 12.7. The van der Waals surface area contributed by atoms with E-state index in [0.717, 1.165) is 11.1 Å². The van der Waals surface area contributed by atoms with Gasteiger partial charge in [-0.15, -0.1) is 22.0 Å². The number of anilines is 4. The Labute approximate surface area is 173 Å². The minimum atomic E-state index is -2.72. The maximum Gasteiger partial charge on any atom is 0.273 e. The highest BCUT2D eigenvalue weighted by atomic mass is 32.2. The van der Waals surface area contributed by atoms with Crippen molar-refractivity contribution in [3.05, 3.63) is 54.0 Å². The molecule has 0 aliphatic carbocycles. The van der Waals surface area contributed by atoms with Crippen LogP contribution in [0.5, 0.6) is 0 Å². The van der Waals surface area contributed by atoms with Crippen LogP contribution in [0.15, 0.2) is 47.6 Å². The van der Waals surface area contributed by atoms with Gasteiger partial charge in [-0.05, 0) is 30.5 Å². The van der Waals surface area contributed by atoms with Crippen molar-refractivity contribution >= 4 is 40.8 Å². The SMILES string of the molecule is [2H]C([2H])([2H])NC(=O)c1nnc(Nc2ccc(C(F)F)cn2)cc1Nc1ncccc1SC. The van der Waals surface area contributed by atoms with Crippen molar-refractivity contribution in [1.82, 2.24) is 25.5 Å². The van der Waals surface area contributed by atoms with Crippen LogP contribution >= 0.6 is 11.8 Å². The standard InChI is InChI=1S/C18H17F2N7OS/c1-21-18(28)15-11(24-17-12(29-2)4-3-7-22-17)8-14(26-27-15)25-13-6-5-10(9-23-13)16(19)20/h3-9,16H,1-2H3,(H,21,28)(H2,22,23,24,25,26)/i1D3. The normalized spacial score (nSPS) is 12.6. The molecule has 0 atom stereocenters. The van der Waals surface area contributed by atoms with Crippen molar-refractivity contribution < 1.29 is 17.7 Å². The zero-order chi connectivity index (χ0) is 23.3. The Bertz CT molecular complexity index is 1100. The largest absolute Gasteiger partial charge is 0.354 e. The number of nitrogens with zero attached hydrogens (tertiary/aromatic N) is 4. The highest BCUT2D eigenvalue weighted by molar-refractivity contribution is 7.98. The van der Waals surface area contributed by atoms with Crippen LogP contribution in [-0.4, -0.2) is 39.3 Å². The topological polar surface area (TPSA) is 105 Å². The van der Waals surface area contributed by atoms with Crippen LogP contribution in [0.2, 0.25) is 0 Å². The van der Waals surface area contributed by atoms with Crippen molar-refractivity contribution in [3.8, 4) is 0 Å². The number of halogens is 2. The van der Waals surface area contributed by atoms with E-state index in [1.54, 1.807) is 12.3 Å². The van der Waals surface area contributed by atoms with Gasteiger partial charge in [-0.3, -0.25) is 4.79 Å². The fourth-order valence-electron chi connectivity index (χ4n) is 2.29. The third-order valence-corrected chi connectivity index (χ3v) is 4.43. The zero-order valence-corrected chi connectivity index (χ0v) is 15.8. The smallest absolute Gasteiger partial charge is 0.273 e. The van der Waals surface area contributed by atoms with Gasteiger partial charge < -0.3 is 16.0 Å². The molecule has 29 heavy (non-hydrogen) atoms. The van der Waals surface area contributed by atoms with E-state index in [1.165, 1.54) is 30.0 Å². The molecule has 1 amide bonds. The van der Waals surface area contributed by atoms with E-state index in [0.29, 0.717) is 5.82 Å². The maximum absolute atomic E-state index is 12.7. The van der Waals surface area contributed by atoms with Crippen molar-refractivity contribution in [2.75, 3.05) is 23.9 Å². The van der Waals surface area contributed by atoms with Crippen LogP contribution in [0.3, 0.4) is 0 Å². The fraction of sp³-hybridized carbons (Fsp3) is 0.167. The summed E-state index contributed by atoms with van der Waals surface area (Å²) in [6, 6.07) is 7.51. The molecule has 0 spiro atoms. The van der Waals surface area contributed by atoms with Crippen LogP contribution in [0.4, 0.5) is 31.9 Å². The van der Waals surface area contributed by atoms with Gasteiger partial charge in [-0.1, -0.05) is 0 Å². The minimum Gasteiger partial charge on any atom is -0.354 e. The van der Waals surface area contributed by atoms with E-state index in [2.05, 4.69) is 30.8 Å². The van der Waals surface area contributed by atoms with E-state index in [4.69, 9.17) is 4.11 Å². The van der Waals surface area contributed by atoms with Gasteiger partial charge >= 0.3 is 0 Å². The Morgan fingerprint density at radius 1 is 1.17 bits per heavy atom. The van der Waals surface area contributed by atoms with Crippen LogP contribution in [0.25, 0.3) is 0 Å². The molecule has 11 heteroatoms. The van der Waals surface area contributed by atoms with Crippen molar-refractivity contribution in [2.45, 2.75) is 11.3 Å². The number of nitrogens with one attached hydrogen (secondary N) is 3. The van der Waals surface area contributed by atoms with Crippen molar-refractivity contribution in [2.24, 2.45) is 0 Å². The molecule has 0 aliphatic rings.